The molecule has 3 saturated heterocycles. The van der Waals surface area contributed by atoms with E-state index in [2.05, 4.69) is 5.32 Å². The Hall–Kier alpha value is -6.25. The predicted octanol–water partition coefficient (Wildman–Crippen LogP) is 0.0955. The van der Waals surface area contributed by atoms with Gasteiger partial charge < -0.3 is 76.4 Å². The minimum atomic E-state index is -2.05. The summed E-state index contributed by atoms with van der Waals surface area (Å²) in [7, 11) is 0. The minimum absolute atomic E-state index is 0.000478. The lowest BCUT2D eigenvalue weighted by atomic mass is 9.94. The average Bonchev–Trinajstić information content (AvgIpc) is 3.22. The van der Waals surface area contributed by atoms with Crippen molar-refractivity contribution in [2.24, 2.45) is 0 Å². The van der Waals surface area contributed by atoms with E-state index in [4.69, 9.17) is 66.0 Å². The lowest BCUT2D eigenvalue weighted by molar-refractivity contribution is -0.369. The van der Waals surface area contributed by atoms with Gasteiger partial charge in [-0.3, -0.25) is 38.4 Å². The molecule has 3 fully saturated rings. The van der Waals surface area contributed by atoms with E-state index in [1.165, 1.54) is 25.1 Å². The first-order valence-electron chi connectivity index (χ1n) is 21.5. The third kappa shape index (κ3) is 14.2. The van der Waals surface area contributed by atoms with Gasteiger partial charge >= 0.3 is 47.4 Å². The fourth-order valence-electron chi connectivity index (χ4n) is 7.95. The summed E-state index contributed by atoms with van der Waals surface area (Å²) in [5, 5.41) is 15.1. The standard InChI is InChI=1S/C44H55NO24/c1-17-13-32(54)65-29-14-27(11-12-28(17)29)64-42-33(45-19(3)46)38(69-44-41(63-26(10)53)40(62-25(9)52)35(18(2)58-44)59-22(6)49)36(30(66-42)15-56-20(4)47)68-43-34(55)39(61-24(8)51)37(60-23(7)50)31(67-43)16-57-21(5)48/h11-14,18,30-31,33-44,55H,15-16H2,1-10H3,(H,45,46). The maximum Gasteiger partial charge on any atom is 0.336 e. The summed E-state index contributed by atoms with van der Waals surface area (Å²) in [6, 6.07) is 4.14. The number of rotatable bonds is 16. The number of amides is 1. The molecule has 0 bridgehead atoms. The molecule has 2 N–H and O–H groups in total. The van der Waals surface area contributed by atoms with Crippen LogP contribution in [0.2, 0.25) is 0 Å². The normalized spacial score (nSPS) is 31.0. The van der Waals surface area contributed by atoms with Crippen LogP contribution >= 0.6 is 0 Å². The molecule has 0 saturated carbocycles. The second kappa shape index (κ2) is 23.4. The lowest BCUT2D eigenvalue weighted by Crippen LogP contribution is -2.71. The number of hydrogen-bond donors (Lipinski definition) is 2. The molecule has 15 unspecified atom stereocenters. The first-order chi connectivity index (χ1) is 32.4. The third-order valence-corrected chi connectivity index (χ3v) is 10.5. The largest absolute Gasteiger partial charge is 0.463 e. The predicted molar refractivity (Wildman–Crippen MR) is 224 cm³/mol. The molecule has 380 valence electrons. The van der Waals surface area contributed by atoms with Crippen molar-refractivity contribution in [3.05, 3.63) is 40.2 Å². The van der Waals surface area contributed by atoms with Crippen LogP contribution in [-0.2, 0) is 95.2 Å². The highest BCUT2D eigenvalue weighted by Crippen LogP contribution is 2.38. The minimum Gasteiger partial charge on any atom is -0.463 e. The topological polar surface area (TPSA) is 319 Å². The number of nitrogens with one attached hydrogen (secondary N) is 1. The molecular weight excluding hydrogens is 926 g/mol. The van der Waals surface area contributed by atoms with Gasteiger partial charge in [-0.15, -0.1) is 0 Å². The highest BCUT2D eigenvalue weighted by molar-refractivity contribution is 5.81. The van der Waals surface area contributed by atoms with E-state index in [0.29, 0.717) is 10.9 Å². The number of carbonyl (C=O) groups excluding carboxylic acids is 8. The quantitative estimate of drug-likeness (QED) is 0.128. The van der Waals surface area contributed by atoms with Gasteiger partial charge in [0.05, 0.1) is 6.10 Å². The molecule has 25 heteroatoms. The van der Waals surface area contributed by atoms with Crippen molar-refractivity contribution in [2.45, 2.75) is 161 Å². The monoisotopic (exact) mass is 981 g/mol. The van der Waals surface area contributed by atoms with Crippen molar-refractivity contribution in [1.82, 2.24) is 5.32 Å². The number of aliphatic hydroxyl groups is 1. The van der Waals surface area contributed by atoms with Gasteiger partial charge in [-0.1, -0.05) is 0 Å². The van der Waals surface area contributed by atoms with Crippen LogP contribution in [0, 0.1) is 6.92 Å². The summed E-state index contributed by atoms with van der Waals surface area (Å²) in [5.74, 6) is -6.91. The van der Waals surface area contributed by atoms with Crippen LogP contribution in [0.3, 0.4) is 0 Å². The van der Waals surface area contributed by atoms with E-state index >= 15 is 0 Å². The molecule has 0 radical (unpaired) electrons. The number of carbonyl (C=O) groups is 8. The Kier molecular flexibility index (Phi) is 18.2. The molecule has 3 aliphatic heterocycles. The SMILES string of the molecule is CC(=O)NC1C(Oc2ccc3c(C)cc(=O)oc3c2)OC(COC(C)=O)C(OC2OC(COC(C)=O)C(OC(C)=O)C(OC(C)=O)C2O)C1OC1OC(C)C(OC(C)=O)C(OC(C)=O)C1OC(C)=O. The molecule has 69 heavy (non-hydrogen) atoms. The van der Waals surface area contributed by atoms with Crippen molar-refractivity contribution in [3.63, 3.8) is 0 Å². The maximum absolute atomic E-state index is 13.2. The van der Waals surface area contributed by atoms with Crippen molar-refractivity contribution >= 4 is 58.7 Å². The molecule has 1 aromatic carbocycles. The lowest BCUT2D eigenvalue weighted by Gasteiger charge is -2.51. The number of aliphatic hydroxyl groups excluding tert-OH is 1. The summed E-state index contributed by atoms with van der Waals surface area (Å²) in [6.45, 7) is 10.2. The summed E-state index contributed by atoms with van der Waals surface area (Å²) >= 11 is 0. The first-order valence-corrected chi connectivity index (χ1v) is 21.5. The molecule has 2 aromatic rings. The molecule has 4 heterocycles. The summed E-state index contributed by atoms with van der Waals surface area (Å²) < 4.78 is 81.7. The second-order valence-corrected chi connectivity index (χ2v) is 16.2. The first kappa shape index (κ1) is 53.7. The fourth-order valence-corrected chi connectivity index (χ4v) is 7.95. The Morgan fingerprint density at radius 3 is 1.65 bits per heavy atom. The second-order valence-electron chi connectivity index (χ2n) is 16.2. The zero-order valence-corrected chi connectivity index (χ0v) is 39.2. The van der Waals surface area contributed by atoms with Gasteiger partial charge in [-0.05, 0) is 31.5 Å². The molecule has 3 aliphatic rings. The van der Waals surface area contributed by atoms with Crippen LogP contribution < -0.4 is 15.7 Å². The number of aryl methyl sites for hydroxylation is 1. The van der Waals surface area contributed by atoms with Crippen molar-refractivity contribution < 1.29 is 109 Å². The fraction of sp³-hybridized carbons (Fsp3) is 0.614. The van der Waals surface area contributed by atoms with Crippen LogP contribution in [0.15, 0.2) is 33.5 Å². The third-order valence-electron chi connectivity index (χ3n) is 10.5. The molecule has 0 aliphatic carbocycles. The van der Waals surface area contributed by atoms with E-state index in [-0.39, 0.29) is 11.3 Å². The van der Waals surface area contributed by atoms with Crippen LogP contribution in [-0.4, -0.2) is 158 Å². The van der Waals surface area contributed by atoms with E-state index in [0.717, 1.165) is 55.4 Å². The van der Waals surface area contributed by atoms with E-state index in [1.807, 2.05) is 0 Å². The molecule has 15 atom stereocenters. The van der Waals surface area contributed by atoms with E-state index in [9.17, 15) is 48.3 Å². The van der Waals surface area contributed by atoms with Crippen molar-refractivity contribution in [2.75, 3.05) is 13.2 Å². The van der Waals surface area contributed by atoms with Crippen LogP contribution in [0.4, 0.5) is 0 Å². The summed E-state index contributed by atoms with van der Waals surface area (Å²) in [5.41, 5.74) is 0.0160. The van der Waals surface area contributed by atoms with Gasteiger partial charge in [0.2, 0.25) is 12.2 Å². The van der Waals surface area contributed by atoms with Crippen LogP contribution in [0.5, 0.6) is 5.75 Å². The highest BCUT2D eigenvalue weighted by Gasteiger charge is 2.58. The maximum atomic E-state index is 13.2. The Morgan fingerprint density at radius 1 is 0.580 bits per heavy atom. The molecule has 25 nitrogen and oxygen atoms in total. The highest BCUT2D eigenvalue weighted by atomic mass is 16.8. The molecular formula is C44H55NO24. The molecule has 1 aromatic heterocycles. The molecule has 1 amide bonds. The van der Waals surface area contributed by atoms with Gasteiger partial charge in [0.1, 0.15) is 61.1 Å². The van der Waals surface area contributed by atoms with Gasteiger partial charge in [-0.2, -0.15) is 0 Å². The number of esters is 7. The van der Waals surface area contributed by atoms with Crippen molar-refractivity contribution in [3.8, 4) is 5.75 Å². The number of hydrogen-bond acceptors (Lipinski definition) is 24. The van der Waals surface area contributed by atoms with E-state index < -0.39 is 159 Å². The van der Waals surface area contributed by atoms with Gasteiger partial charge in [0, 0.05) is 72.9 Å². The average molecular weight is 982 g/mol. The molecule has 5 rings (SSSR count). The molecule has 0 spiro atoms. The zero-order chi connectivity index (χ0) is 51.0. The summed E-state index contributed by atoms with van der Waals surface area (Å²) in [6.07, 6.45) is -23.5. The Morgan fingerprint density at radius 2 is 1.09 bits per heavy atom. The number of fused-ring (bicyclic) bond motifs is 1. The van der Waals surface area contributed by atoms with Gasteiger partial charge in [0.25, 0.3) is 0 Å². The summed E-state index contributed by atoms with van der Waals surface area (Å²) in [4.78, 5) is 112. The Bertz CT molecular complexity index is 2300. The van der Waals surface area contributed by atoms with Crippen LogP contribution in [0.25, 0.3) is 11.0 Å². The number of benzene rings is 1. The number of ether oxygens (including phenoxy) is 13. The van der Waals surface area contributed by atoms with Gasteiger partial charge in [-0.25, -0.2) is 4.79 Å². The van der Waals surface area contributed by atoms with Crippen LogP contribution in [0.1, 0.15) is 67.9 Å². The Balaban J connectivity index is 1.70. The van der Waals surface area contributed by atoms with E-state index in [1.54, 1.807) is 13.0 Å². The zero-order valence-electron chi connectivity index (χ0n) is 39.2. The van der Waals surface area contributed by atoms with Gasteiger partial charge in [0.15, 0.2) is 43.1 Å². The Labute approximate surface area is 393 Å². The van der Waals surface area contributed by atoms with Crippen molar-refractivity contribution in [1.29, 1.82) is 0 Å². The smallest absolute Gasteiger partial charge is 0.336 e.